The summed E-state index contributed by atoms with van der Waals surface area (Å²) in [6.07, 6.45) is 0. The molecule has 0 aliphatic heterocycles. The van der Waals surface area contributed by atoms with Crippen molar-refractivity contribution in [1.29, 1.82) is 0 Å². The molecule has 0 aromatic heterocycles. The zero-order valence-electron chi connectivity index (χ0n) is 11.4. The number of hydrogen-bond donors (Lipinski definition) is 0. The van der Waals surface area contributed by atoms with Crippen LogP contribution < -0.4 is 0 Å². The van der Waals surface area contributed by atoms with Gasteiger partial charge in [-0.2, -0.15) is 4.31 Å². The Morgan fingerprint density at radius 3 is 2.35 bits per heavy atom. The van der Waals surface area contributed by atoms with E-state index in [1.807, 2.05) is 43.3 Å². The quantitative estimate of drug-likeness (QED) is 0.842. The van der Waals surface area contributed by atoms with Gasteiger partial charge in [-0.15, -0.1) is 0 Å². The third-order valence-corrected chi connectivity index (χ3v) is 5.80. The minimum atomic E-state index is -3.50. The molecule has 0 N–H and O–H groups in total. The van der Waals surface area contributed by atoms with Gasteiger partial charge in [0.1, 0.15) is 0 Å². The first-order valence-electron chi connectivity index (χ1n) is 6.17. The average molecular weight is 354 g/mol. The molecule has 0 saturated heterocycles. The van der Waals surface area contributed by atoms with Gasteiger partial charge in [0.15, 0.2) is 0 Å². The van der Waals surface area contributed by atoms with Crippen molar-refractivity contribution in [3.8, 4) is 0 Å². The monoisotopic (exact) mass is 353 g/mol. The zero-order valence-corrected chi connectivity index (χ0v) is 13.8. The predicted molar refractivity (Wildman–Crippen MR) is 84.0 cm³/mol. The third-order valence-electron chi connectivity index (χ3n) is 3.02. The number of benzene rings is 2. The van der Waals surface area contributed by atoms with Crippen molar-refractivity contribution in [2.75, 3.05) is 7.05 Å². The van der Waals surface area contributed by atoms with Crippen LogP contribution in [0.3, 0.4) is 0 Å². The molecule has 0 aliphatic carbocycles. The number of sulfonamides is 1. The first-order chi connectivity index (χ1) is 9.41. The van der Waals surface area contributed by atoms with Crippen LogP contribution in [0.5, 0.6) is 0 Å². The molecule has 0 fully saturated rings. The fourth-order valence-electron chi connectivity index (χ4n) is 1.91. The Balaban J connectivity index is 2.30. The highest BCUT2D eigenvalue weighted by Crippen LogP contribution is 2.26. The summed E-state index contributed by atoms with van der Waals surface area (Å²) in [5, 5.41) is 0. The second kappa shape index (κ2) is 6.08. The summed E-state index contributed by atoms with van der Waals surface area (Å²) in [5.74, 6) is 0. The topological polar surface area (TPSA) is 37.4 Å². The lowest BCUT2D eigenvalue weighted by atomic mass is 10.2. The van der Waals surface area contributed by atoms with Crippen LogP contribution >= 0.6 is 15.9 Å². The van der Waals surface area contributed by atoms with Crippen LogP contribution in [0, 0.1) is 6.92 Å². The second-order valence-electron chi connectivity index (χ2n) is 4.68. The average Bonchev–Trinajstić information content (AvgIpc) is 2.39. The van der Waals surface area contributed by atoms with E-state index in [0.717, 1.165) is 11.1 Å². The molecule has 2 aromatic rings. The van der Waals surface area contributed by atoms with Crippen molar-refractivity contribution in [3.63, 3.8) is 0 Å². The Kier molecular flexibility index (Phi) is 4.62. The third kappa shape index (κ3) is 3.29. The Hall–Kier alpha value is -1.17. The van der Waals surface area contributed by atoms with Crippen molar-refractivity contribution in [2.45, 2.75) is 18.4 Å². The Bertz CT molecular complexity index is 699. The number of halogens is 1. The Labute approximate surface area is 128 Å². The lowest BCUT2D eigenvalue weighted by Gasteiger charge is -2.18. The minimum Gasteiger partial charge on any atom is -0.207 e. The van der Waals surface area contributed by atoms with Crippen molar-refractivity contribution in [3.05, 3.63) is 64.1 Å². The van der Waals surface area contributed by atoms with E-state index in [1.54, 1.807) is 19.2 Å². The summed E-state index contributed by atoms with van der Waals surface area (Å²) in [5.41, 5.74) is 1.98. The normalized spacial score (nSPS) is 11.8. The molecule has 0 aliphatic rings. The van der Waals surface area contributed by atoms with Gasteiger partial charge < -0.3 is 0 Å². The number of nitrogens with zero attached hydrogens (tertiary/aromatic N) is 1. The highest BCUT2D eigenvalue weighted by molar-refractivity contribution is 9.10. The largest absolute Gasteiger partial charge is 0.244 e. The molecule has 2 rings (SSSR count). The van der Waals surface area contributed by atoms with Gasteiger partial charge in [-0.1, -0.05) is 36.4 Å². The van der Waals surface area contributed by atoms with Gasteiger partial charge >= 0.3 is 0 Å². The van der Waals surface area contributed by atoms with Crippen molar-refractivity contribution < 1.29 is 8.42 Å². The van der Waals surface area contributed by atoms with E-state index in [2.05, 4.69) is 15.9 Å². The van der Waals surface area contributed by atoms with Crippen LogP contribution in [0.25, 0.3) is 0 Å². The molecular formula is C15H16BrNO2S. The van der Waals surface area contributed by atoms with Crippen molar-refractivity contribution in [1.82, 2.24) is 4.31 Å². The van der Waals surface area contributed by atoms with Gasteiger partial charge in [0.05, 0.1) is 4.90 Å². The number of hydrogen-bond acceptors (Lipinski definition) is 2. The maximum Gasteiger partial charge on any atom is 0.244 e. The Morgan fingerprint density at radius 2 is 1.75 bits per heavy atom. The SMILES string of the molecule is Cc1ccc(S(=O)(=O)N(C)Cc2ccccc2)c(Br)c1. The van der Waals surface area contributed by atoms with Gasteiger partial charge in [-0.05, 0) is 46.1 Å². The van der Waals surface area contributed by atoms with E-state index in [0.29, 0.717) is 15.9 Å². The summed E-state index contributed by atoms with van der Waals surface area (Å²) in [6, 6.07) is 14.8. The first kappa shape index (κ1) is 15.2. The molecule has 0 amide bonds. The van der Waals surface area contributed by atoms with Gasteiger partial charge in [0.2, 0.25) is 10.0 Å². The van der Waals surface area contributed by atoms with E-state index in [9.17, 15) is 8.42 Å². The molecule has 0 saturated carbocycles. The van der Waals surface area contributed by atoms with E-state index in [-0.39, 0.29) is 0 Å². The van der Waals surface area contributed by atoms with Crippen molar-refractivity contribution in [2.24, 2.45) is 0 Å². The first-order valence-corrected chi connectivity index (χ1v) is 8.41. The molecule has 2 aromatic carbocycles. The van der Waals surface area contributed by atoms with Crippen molar-refractivity contribution >= 4 is 26.0 Å². The van der Waals surface area contributed by atoms with E-state index in [4.69, 9.17) is 0 Å². The van der Waals surface area contributed by atoms with Gasteiger partial charge in [0.25, 0.3) is 0 Å². The zero-order chi connectivity index (χ0) is 14.8. The Morgan fingerprint density at radius 1 is 1.10 bits per heavy atom. The summed E-state index contributed by atoms with van der Waals surface area (Å²) in [4.78, 5) is 0.293. The molecule has 3 nitrogen and oxygen atoms in total. The maximum atomic E-state index is 12.6. The maximum absolute atomic E-state index is 12.6. The molecule has 0 heterocycles. The molecule has 0 bridgehead atoms. The summed E-state index contributed by atoms with van der Waals surface area (Å²) in [7, 11) is -1.91. The molecule has 0 atom stereocenters. The summed E-state index contributed by atoms with van der Waals surface area (Å²) < 4.78 is 27.1. The predicted octanol–water partition coefficient (Wildman–Crippen LogP) is 3.58. The van der Waals surface area contributed by atoms with Gasteiger partial charge in [0, 0.05) is 18.1 Å². The molecule has 0 radical (unpaired) electrons. The van der Waals surface area contributed by atoms with Gasteiger partial charge in [-0.3, -0.25) is 0 Å². The van der Waals surface area contributed by atoms with Crippen LogP contribution in [0.1, 0.15) is 11.1 Å². The van der Waals surface area contributed by atoms with Crippen LogP contribution in [-0.2, 0) is 16.6 Å². The lowest BCUT2D eigenvalue weighted by Crippen LogP contribution is -2.26. The molecule has 0 unspecified atom stereocenters. The number of rotatable bonds is 4. The molecule has 106 valence electrons. The van der Waals surface area contributed by atoms with Crippen LogP contribution in [0.15, 0.2) is 57.9 Å². The molecule has 20 heavy (non-hydrogen) atoms. The smallest absolute Gasteiger partial charge is 0.207 e. The second-order valence-corrected chi connectivity index (χ2v) is 7.55. The van der Waals surface area contributed by atoms with Crippen LogP contribution in [0.4, 0.5) is 0 Å². The molecule has 0 spiro atoms. The highest BCUT2D eigenvalue weighted by atomic mass is 79.9. The van der Waals surface area contributed by atoms with Crippen LogP contribution in [0.2, 0.25) is 0 Å². The highest BCUT2D eigenvalue weighted by Gasteiger charge is 2.23. The minimum absolute atomic E-state index is 0.293. The fourth-order valence-corrected chi connectivity index (χ4v) is 4.22. The number of aryl methyl sites for hydroxylation is 1. The van der Waals surface area contributed by atoms with E-state index in [1.165, 1.54) is 4.31 Å². The van der Waals surface area contributed by atoms with E-state index >= 15 is 0 Å². The summed E-state index contributed by atoms with van der Waals surface area (Å²) >= 11 is 3.33. The molecule has 5 heteroatoms. The summed E-state index contributed by atoms with van der Waals surface area (Å²) in [6.45, 7) is 2.28. The molecular weight excluding hydrogens is 338 g/mol. The van der Waals surface area contributed by atoms with Gasteiger partial charge in [-0.25, -0.2) is 8.42 Å². The van der Waals surface area contributed by atoms with Crippen LogP contribution in [-0.4, -0.2) is 19.8 Å². The fraction of sp³-hybridized carbons (Fsp3) is 0.200. The van der Waals surface area contributed by atoms with E-state index < -0.39 is 10.0 Å². The lowest BCUT2D eigenvalue weighted by molar-refractivity contribution is 0.466. The standard InChI is InChI=1S/C15H16BrNO2S/c1-12-8-9-15(14(16)10-12)20(18,19)17(2)11-13-6-4-3-5-7-13/h3-10H,11H2,1-2H3.